The molecule has 2 aromatic rings. The molecule has 5 rings (SSSR count). The first-order chi connectivity index (χ1) is 13.4. The normalized spacial score (nSPS) is 23.2. The van der Waals surface area contributed by atoms with Gasteiger partial charge in [0.1, 0.15) is 5.75 Å². The van der Waals surface area contributed by atoms with Crippen LogP contribution < -0.4 is 9.64 Å². The van der Waals surface area contributed by atoms with Crippen LogP contribution in [0.5, 0.6) is 11.8 Å². The number of amides is 2. The van der Waals surface area contributed by atoms with Crippen LogP contribution in [0.15, 0.2) is 30.6 Å². The number of hydrogen-bond acceptors (Lipinski definition) is 6. The van der Waals surface area contributed by atoms with Crippen molar-refractivity contribution < 1.29 is 19.1 Å². The van der Waals surface area contributed by atoms with Gasteiger partial charge in [-0.3, -0.25) is 9.59 Å². The molecule has 7 nitrogen and oxygen atoms in total. The molecule has 3 aliphatic rings. The Morgan fingerprint density at radius 1 is 1.18 bits per heavy atom. The van der Waals surface area contributed by atoms with E-state index in [0.29, 0.717) is 24.0 Å². The second kappa shape index (κ2) is 6.10. The lowest BCUT2D eigenvalue weighted by atomic mass is 9.92. The van der Waals surface area contributed by atoms with Crippen LogP contribution in [0.3, 0.4) is 0 Å². The van der Waals surface area contributed by atoms with Crippen LogP contribution in [0.4, 0.5) is 5.69 Å². The van der Waals surface area contributed by atoms with Gasteiger partial charge in [-0.05, 0) is 42.0 Å². The minimum Gasteiger partial charge on any atom is -0.424 e. The predicted molar refractivity (Wildman–Crippen MR) is 99.7 cm³/mol. The number of hydrogen-bond donors (Lipinski definition) is 0. The van der Waals surface area contributed by atoms with E-state index < -0.39 is 5.41 Å². The zero-order valence-corrected chi connectivity index (χ0v) is 15.8. The highest BCUT2D eigenvalue weighted by molar-refractivity contribution is 6.22. The van der Waals surface area contributed by atoms with Crippen molar-refractivity contribution in [2.24, 2.45) is 11.3 Å². The molecule has 0 bridgehead atoms. The van der Waals surface area contributed by atoms with E-state index in [-0.39, 0.29) is 30.3 Å². The second-order valence-electron chi connectivity index (χ2n) is 8.35. The Morgan fingerprint density at radius 2 is 1.93 bits per heavy atom. The number of benzene rings is 1. The maximum absolute atomic E-state index is 12.4. The molecular formula is C21H21N3O4. The van der Waals surface area contributed by atoms with E-state index in [4.69, 9.17) is 9.47 Å². The van der Waals surface area contributed by atoms with E-state index in [0.717, 1.165) is 4.90 Å². The number of aromatic nitrogens is 2. The molecule has 7 heteroatoms. The number of rotatable bonds is 4. The number of carbonyl (C=O) groups is 2. The van der Waals surface area contributed by atoms with Crippen molar-refractivity contribution in [3.63, 3.8) is 0 Å². The van der Waals surface area contributed by atoms with Crippen LogP contribution in [0.1, 0.15) is 50.3 Å². The molecule has 0 N–H and O–H groups in total. The van der Waals surface area contributed by atoms with Crippen LogP contribution in [0.25, 0.3) is 0 Å². The summed E-state index contributed by atoms with van der Waals surface area (Å²) >= 11 is 0. The van der Waals surface area contributed by atoms with Gasteiger partial charge in [-0.1, -0.05) is 19.9 Å². The van der Waals surface area contributed by atoms with Crippen LogP contribution in [-0.4, -0.2) is 21.8 Å². The number of carbonyl (C=O) groups excluding carboxylic acids is 2. The molecule has 0 radical (unpaired) electrons. The van der Waals surface area contributed by atoms with Gasteiger partial charge in [-0.2, -0.15) is 0 Å². The molecule has 2 amide bonds. The molecule has 0 spiro atoms. The number of fused-ring (bicyclic) bond motifs is 1. The fraction of sp³-hybridized carbons (Fsp3) is 0.429. The number of anilines is 1. The summed E-state index contributed by atoms with van der Waals surface area (Å²) in [6.07, 6.45) is 5.67. The molecule has 3 heterocycles. The number of ether oxygens (including phenoxy) is 2. The highest BCUT2D eigenvalue weighted by atomic mass is 16.5. The van der Waals surface area contributed by atoms with Gasteiger partial charge in [0.2, 0.25) is 11.8 Å². The van der Waals surface area contributed by atoms with E-state index >= 15 is 0 Å². The smallest absolute Gasteiger partial charge is 0.322 e. The van der Waals surface area contributed by atoms with Crippen molar-refractivity contribution in [2.45, 2.75) is 45.8 Å². The molecule has 144 valence electrons. The van der Waals surface area contributed by atoms with E-state index in [9.17, 15) is 9.59 Å². The van der Waals surface area contributed by atoms with Gasteiger partial charge in [-0.15, -0.1) is 0 Å². The molecule has 1 aromatic carbocycles. The average molecular weight is 379 g/mol. The summed E-state index contributed by atoms with van der Waals surface area (Å²) < 4.78 is 11.7. The molecule has 28 heavy (non-hydrogen) atoms. The van der Waals surface area contributed by atoms with Gasteiger partial charge < -0.3 is 9.47 Å². The molecule has 1 unspecified atom stereocenters. The lowest BCUT2D eigenvalue weighted by Gasteiger charge is -2.17. The fourth-order valence-corrected chi connectivity index (χ4v) is 3.88. The van der Waals surface area contributed by atoms with E-state index in [2.05, 4.69) is 9.97 Å². The van der Waals surface area contributed by atoms with E-state index in [1.165, 1.54) is 36.4 Å². The Balaban J connectivity index is 1.34. The summed E-state index contributed by atoms with van der Waals surface area (Å²) in [5, 5.41) is 0. The molecule has 1 saturated carbocycles. The fourth-order valence-electron chi connectivity index (χ4n) is 3.88. The Morgan fingerprint density at radius 3 is 2.57 bits per heavy atom. The van der Waals surface area contributed by atoms with Crippen LogP contribution in [0.2, 0.25) is 0 Å². The van der Waals surface area contributed by atoms with Crippen molar-refractivity contribution in [3.05, 3.63) is 41.7 Å². The second-order valence-corrected chi connectivity index (χ2v) is 8.35. The first kappa shape index (κ1) is 17.3. The summed E-state index contributed by atoms with van der Waals surface area (Å²) in [5.74, 6) is 0.792. The topological polar surface area (TPSA) is 81.6 Å². The average Bonchev–Trinajstić information content (AvgIpc) is 3.37. The summed E-state index contributed by atoms with van der Waals surface area (Å²) in [5.41, 5.74) is 2.06. The van der Waals surface area contributed by atoms with E-state index in [1.54, 1.807) is 13.8 Å². The Hall–Kier alpha value is -2.80. The van der Waals surface area contributed by atoms with Gasteiger partial charge in [0, 0.05) is 6.42 Å². The van der Waals surface area contributed by atoms with Gasteiger partial charge >= 0.3 is 6.01 Å². The molecular weight excluding hydrogens is 358 g/mol. The van der Waals surface area contributed by atoms with Crippen LogP contribution >= 0.6 is 0 Å². The van der Waals surface area contributed by atoms with Gasteiger partial charge in [-0.25, -0.2) is 14.9 Å². The Labute approximate surface area is 162 Å². The first-order valence-electron chi connectivity index (χ1n) is 9.54. The molecule has 1 aromatic heterocycles. The van der Waals surface area contributed by atoms with Crippen molar-refractivity contribution in [2.75, 3.05) is 4.90 Å². The molecule has 1 saturated heterocycles. The summed E-state index contributed by atoms with van der Waals surface area (Å²) in [4.78, 5) is 34.1. The maximum Gasteiger partial charge on any atom is 0.322 e. The standard InChI is InChI=1S/C21H21N3O4/c1-21(2)8-17(25)24(19(21)26)14-9-22-20(23-10-14)28-15-6-5-13-11-27-18(12-3-4-12)16(13)7-15/h5-7,9-10,12,18H,3-4,8,11H2,1-2H3. The van der Waals surface area contributed by atoms with Crippen molar-refractivity contribution in [1.82, 2.24) is 9.97 Å². The summed E-state index contributed by atoms with van der Waals surface area (Å²) in [6.45, 7) is 4.17. The quantitative estimate of drug-likeness (QED) is 0.756. The number of nitrogens with zero attached hydrogens (tertiary/aromatic N) is 3. The Bertz CT molecular complexity index is 966. The third kappa shape index (κ3) is 2.86. The van der Waals surface area contributed by atoms with Crippen LogP contribution in [-0.2, 0) is 20.9 Å². The largest absolute Gasteiger partial charge is 0.424 e. The summed E-state index contributed by atoms with van der Waals surface area (Å²) in [7, 11) is 0. The zero-order chi connectivity index (χ0) is 19.5. The highest BCUT2D eigenvalue weighted by Gasteiger charge is 2.45. The predicted octanol–water partition coefficient (Wildman–Crippen LogP) is 3.54. The minimum atomic E-state index is -0.698. The van der Waals surface area contributed by atoms with Gasteiger partial charge in [0.05, 0.1) is 36.2 Å². The molecule has 2 fully saturated rings. The third-order valence-electron chi connectivity index (χ3n) is 5.60. The highest BCUT2D eigenvalue weighted by Crippen LogP contribution is 2.48. The lowest BCUT2D eigenvalue weighted by Crippen LogP contribution is -2.33. The monoisotopic (exact) mass is 379 g/mol. The van der Waals surface area contributed by atoms with Crippen LogP contribution in [0, 0.1) is 11.3 Å². The van der Waals surface area contributed by atoms with Crippen molar-refractivity contribution in [1.29, 1.82) is 0 Å². The van der Waals surface area contributed by atoms with Crippen molar-refractivity contribution >= 4 is 17.5 Å². The zero-order valence-electron chi connectivity index (χ0n) is 15.8. The molecule has 2 aliphatic heterocycles. The summed E-state index contributed by atoms with van der Waals surface area (Å²) in [6, 6.07) is 6.07. The maximum atomic E-state index is 12.4. The third-order valence-corrected chi connectivity index (χ3v) is 5.60. The van der Waals surface area contributed by atoms with Crippen molar-refractivity contribution in [3.8, 4) is 11.8 Å². The first-order valence-corrected chi connectivity index (χ1v) is 9.54. The Kier molecular flexibility index (Phi) is 3.77. The molecule has 1 atom stereocenters. The van der Waals surface area contributed by atoms with Gasteiger partial charge in [0.25, 0.3) is 0 Å². The lowest BCUT2D eigenvalue weighted by molar-refractivity contribution is -0.124. The van der Waals surface area contributed by atoms with E-state index in [1.807, 2.05) is 18.2 Å². The van der Waals surface area contributed by atoms with Gasteiger partial charge in [0.15, 0.2) is 0 Å². The SMILES string of the molecule is CC1(C)CC(=O)N(c2cnc(Oc3ccc4c(c3)C(C3CC3)OC4)nc2)C1=O. The number of imide groups is 1. The minimum absolute atomic E-state index is 0.164. The molecule has 1 aliphatic carbocycles.